The van der Waals surface area contributed by atoms with Crippen LogP contribution >= 0.6 is 27.7 Å². The fraction of sp³-hybridized carbons (Fsp3) is 0.0690. The van der Waals surface area contributed by atoms with E-state index in [2.05, 4.69) is 51.3 Å². The number of hydrogen-bond acceptors (Lipinski definition) is 5. The Kier molecular flexibility index (Phi) is 7.12. The monoisotopic (exact) mass is 572 g/mol. The van der Waals surface area contributed by atoms with Gasteiger partial charge in [-0.2, -0.15) is 0 Å². The molecule has 1 amide bonds. The van der Waals surface area contributed by atoms with Crippen molar-refractivity contribution in [2.24, 2.45) is 4.99 Å². The second kappa shape index (κ2) is 10.6. The lowest BCUT2D eigenvalue weighted by atomic mass is 10.1. The van der Waals surface area contributed by atoms with Crippen molar-refractivity contribution in [3.8, 4) is 5.75 Å². The first-order valence-corrected chi connectivity index (χ1v) is 13.0. The first-order valence-electron chi connectivity index (χ1n) is 11.4. The highest BCUT2D eigenvalue weighted by Gasteiger charge is 2.30. The highest BCUT2D eigenvalue weighted by Crippen LogP contribution is 2.35. The van der Waals surface area contributed by atoms with Crippen LogP contribution in [0.1, 0.15) is 21.5 Å². The first kappa shape index (κ1) is 24.8. The van der Waals surface area contributed by atoms with Crippen LogP contribution in [0.25, 0.3) is 16.8 Å². The van der Waals surface area contributed by atoms with Crippen molar-refractivity contribution in [3.63, 3.8) is 0 Å². The van der Waals surface area contributed by atoms with Gasteiger partial charge in [0.2, 0.25) is 0 Å². The van der Waals surface area contributed by atoms with Gasteiger partial charge in [0.05, 0.1) is 20.6 Å². The van der Waals surface area contributed by atoms with Crippen molar-refractivity contribution in [1.82, 2.24) is 4.90 Å². The maximum Gasteiger partial charge on any atom is 0.335 e. The Labute approximate surface area is 226 Å². The van der Waals surface area contributed by atoms with Crippen LogP contribution < -0.4 is 4.74 Å². The lowest BCUT2D eigenvalue weighted by Gasteiger charge is -2.10. The van der Waals surface area contributed by atoms with Gasteiger partial charge in [-0.1, -0.05) is 42.5 Å². The highest BCUT2D eigenvalue weighted by atomic mass is 79.9. The molecule has 8 heteroatoms. The van der Waals surface area contributed by atoms with Crippen LogP contribution in [0.15, 0.2) is 99.3 Å². The number of carboxylic acid groups (broad SMARTS) is 1. The van der Waals surface area contributed by atoms with Crippen LogP contribution in [0.3, 0.4) is 0 Å². The van der Waals surface area contributed by atoms with E-state index in [4.69, 9.17) is 9.84 Å². The third kappa shape index (κ3) is 5.60. The summed E-state index contributed by atoms with van der Waals surface area (Å²) in [4.78, 5) is 30.4. The SMILES string of the molecule is CN1C(=O)C(=Cc2ccc(OCc3ccc4ccccc4c3)c(Br)c2)SC1=Nc1ccc(C(=O)O)cc1. The predicted octanol–water partition coefficient (Wildman–Crippen LogP) is 7.11. The molecule has 0 unspecified atom stereocenters. The number of carbonyl (C=O) groups excluding carboxylic acids is 1. The Morgan fingerprint density at radius 2 is 1.78 bits per heavy atom. The van der Waals surface area contributed by atoms with Crippen LogP contribution in [0, 0.1) is 0 Å². The second-order valence-electron chi connectivity index (χ2n) is 8.38. The molecule has 184 valence electrons. The number of halogens is 1. The molecule has 0 radical (unpaired) electrons. The number of nitrogens with zero attached hydrogens (tertiary/aromatic N) is 2. The maximum absolute atomic E-state index is 12.8. The van der Waals surface area contributed by atoms with Gasteiger partial charge in [-0.25, -0.2) is 9.79 Å². The van der Waals surface area contributed by atoms with Crippen molar-refractivity contribution in [2.45, 2.75) is 6.61 Å². The Balaban J connectivity index is 1.29. The lowest BCUT2D eigenvalue weighted by molar-refractivity contribution is -0.121. The number of aromatic carboxylic acids is 1. The molecule has 0 aromatic heterocycles. The molecule has 0 atom stereocenters. The van der Waals surface area contributed by atoms with Gasteiger partial charge in [0.25, 0.3) is 5.91 Å². The molecule has 1 N–H and O–H groups in total. The summed E-state index contributed by atoms with van der Waals surface area (Å²) in [6, 6.07) is 26.4. The van der Waals surface area contributed by atoms with Crippen molar-refractivity contribution in [2.75, 3.05) is 7.05 Å². The van der Waals surface area contributed by atoms with Gasteiger partial charge in [0, 0.05) is 7.05 Å². The number of aliphatic imine (C=N–C) groups is 1. The molecule has 4 aromatic rings. The van der Waals surface area contributed by atoms with E-state index in [-0.39, 0.29) is 11.5 Å². The first-order chi connectivity index (χ1) is 17.9. The van der Waals surface area contributed by atoms with E-state index < -0.39 is 5.97 Å². The number of likely N-dealkylation sites (N-methyl/N-ethyl adjacent to an activating group) is 1. The minimum Gasteiger partial charge on any atom is -0.488 e. The lowest BCUT2D eigenvalue weighted by Crippen LogP contribution is -2.23. The fourth-order valence-corrected chi connectivity index (χ4v) is 5.30. The molecule has 0 bridgehead atoms. The van der Waals surface area contributed by atoms with E-state index in [9.17, 15) is 9.59 Å². The van der Waals surface area contributed by atoms with Crippen molar-refractivity contribution in [1.29, 1.82) is 0 Å². The standard InChI is InChI=1S/C29H21BrN2O4S/c1-32-27(33)26(37-29(32)31-23-11-9-21(10-12-23)28(34)35)16-18-7-13-25(24(30)15-18)36-17-19-6-8-20-4-2-3-5-22(20)14-19/h2-16H,17H2,1H3,(H,34,35). The smallest absolute Gasteiger partial charge is 0.335 e. The molecule has 0 saturated carbocycles. The minimum atomic E-state index is -0.997. The zero-order chi connectivity index (χ0) is 25.9. The van der Waals surface area contributed by atoms with E-state index in [0.717, 1.165) is 15.6 Å². The summed E-state index contributed by atoms with van der Waals surface area (Å²) in [5, 5.41) is 11.9. The average molecular weight is 573 g/mol. The molecule has 1 fully saturated rings. The van der Waals surface area contributed by atoms with E-state index in [1.165, 1.54) is 39.6 Å². The summed E-state index contributed by atoms with van der Waals surface area (Å²) < 4.78 is 6.83. The number of carbonyl (C=O) groups is 2. The Hall–Kier alpha value is -3.88. The number of amidine groups is 1. The number of thioether (sulfide) groups is 1. The van der Waals surface area contributed by atoms with Gasteiger partial charge in [0.1, 0.15) is 12.4 Å². The Bertz CT molecular complexity index is 1580. The molecule has 5 rings (SSSR count). The number of amides is 1. The number of ether oxygens (including phenoxy) is 1. The number of carboxylic acids is 1. The molecule has 1 aliphatic rings. The average Bonchev–Trinajstić information content (AvgIpc) is 3.16. The quantitative estimate of drug-likeness (QED) is 0.249. The van der Waals surface area contributed by atoms with Crippen molar-refractivity contribution in [3.05, 3.63) is 111 Å². The zero-order valence-electron chi connectivity index (χ0n) is 19.7. The normalized spacial score (nSPS) is 15.6. The van der Waals surface area contributed by atoms with Crippen LogP contribution in [0.4, 0.5) is 5.69 Å². The van der Waals surface area contributed by atoms with E-state index in [0.29, 0.717) is 28.1 Å². The molecule has 4 aromatic carbocycles. The largest absolute Gasteiger partial charge is 0.488 e. The molecular weight excluding hydrogens is 552 g/mol. The summed E-state index contributed by atoms with van der Waals surface area (Å²) in [5.41, 5.74) is 2.69. The molecule has 1 aliphatic heterocycles. The van der Waals surface area contributed by atoms with Crippen LogP contribution in [-0.2, 0) is 11.4 Å². The van der Waals surface area contributed by atoms with E-state index in [1.54, 1.807) is 19.2 Å². The third-order valence-corrected chi connectivity index (χ3v) is 7.48. The number of benzene rings is 4. The molecular formula is C29H21BrN2O4S. The second-order valence-corrected chi connectivity index (χ2v) is 10.2. The molecule has 37 heavy (non-hydrogen) atoms. The Morgan fingerprint density at radius 3 is 2.51 bits per heavy atom. The summed E-state index contributed by atoms with van der Waals surface area (Å²) in [6.45, 7) is 0.441. The van der Waals surface area contributed by atoms with Gasteiger partial charge < -0.3 is 9.84 Å². The van der Waals surface area contributed by atoms with Crippen LogP contribution in [-0.4, -0.2) is 34.1 Å². The highest BCUT2D eigenvalue weighted by molar-refractivity contribution is 9.10. The van der Waals surface area contributed by atoms with E-state index >= 15 is 0 Å². The van der Waals surface area contributed by atoms with Crippen LogP contribution in [0.5, 0.6) is 5.75 Å². The van der Waals surface area contributed by atoms with Gasteiger partial charge in [-0.05, 0) is 98.1 Å². The predicted molar refractivity (Wildman–Crippen MR) is 151 cm³/mol. The van der Waals surface area contributed by atoms with E-state index in [1.807, 2.05) is 36.4 Å². The topological polar surface area (TPSA) is 79.2 Å². The molecule has 6 nitrogen and oxygen atoms in total. The van der Waals surface area contributed by atoms with Gasteiger partial charge in [-0.3, -0.25) is 9.69 Å². The maximum atomic E-state index is 12.8. The fourth-order valence-electron chi connectivity index (χ4n) is 3.81. The summed E-state index contributed by atoms with van der Waals surface area (Å²) in [5.74, 6) is -0.438. The van der Waals surface area contributed by atoms with Crippen LogP contribution in [0.2, 0.25) is 0 Å². The number of hydrogen-bond donors (Lipinski definition) is 1. The number of rotatable bonds is 6. The van der Waals surface area contributed by atoms with Gasteiger partial charge in [-0.15, -0.1) is 0 Å². The zero-order valence-corrected chi connectivity index (χ0v) is 22.1. The summed E-state index contributed by atoms with van der Waals surface area (Å²) >= 11 is 4.86. The Morgan fingerprint density at radius 1 is 1.03 bits per heavy atom. The summed E-state index contributed by atoms with van der Waals surface area (Å²) in [6.07, 6.45) is 1.82. The molecule has 0 aliphatic carbocycles. The molecule has 1 heterocycles. The van der Waals surface area contributed by atoms with Gasteiger partial charge >= 0.3 is 5.97 Å². The molecule has 0 spiro atoms. The number of fused-ring (bicyclic) bond motifs is 1. The molecule has 1 saturated heterocycles. The minimum absolute atomic E-state index is 0.154. The van der Waals surface area contributed by atoms with Crippen molar-refractivity contribution >= 4 is 67.3 Å². The summed E-state index contributed by atoms with van der Waals surface area (Å²) in [7, 11) is 1.67. The third-order valence-electron chi connectivity index (χ3n) is 5.80. The van der Waals surface area contributed by atoms with Gasteiger partial charge in [0.15, 0.2) is 5.17 Å². The van der Waals surface area contributed by atoms with Crippen molar-refractivity contribution < 1.29 is 19.4 Å².